The zero-order valence-corrected chi connectivity index (χ0v) is 21.6. The van der Waals surface area contributed by atoms with Crippen LogP contribution in [0, 0.1) is 26.9 Å². The summed E-state index contributed by atoms with van der Waals surface area (Å²) in [6.45, 7) is 1.43. The quantitative estimate of drug-likeness (QED) is 0.354. The molecule has 186 valence electrons. The van der Waals surface area contributed by atoms with Crippen LogP contribution in [0.2, 0.25) is 0 Å². The molecule has 2 aliphatic rings. The molecule has 0 bridgehead atoms. The Bertz CT molecular complexity index is 1130. The molecule has 0 radical (unpaired) electrons. The number of anilines is 3. The highest BCUT2D eigenvalue weighted by atomic mass is 127. The molecule has 1 aliphatic carbocycles. The fourth-order valence-corrected chi connectivity index (χ4v) is 6.37. The minimum Gasteiger partial charge on any atom is -0.349 e. The van der Waals surface area contributed by atoms with Gasteiger partial charge < -0.3 is 10.6 Å². The highest BCUT2D eigenvalue weighted by Crippen LogP contribution is 2.33. The fraction of sp³-hybridized carbons (Fsp3) is 0.478. The molecule has 2 aromatic rings. The molecule has 1 saturated carbocycles. The Hall–Kier alpha value is -1.57. The summed E-state index contributed by atoms with van der Waals surface area (Å²) in [5, 5.41) is 6.07. The maximum absolute atomic E-state index is 14.7. The molecule has 1 saturated heterocycles. The van der Waals surface area contributed by atoms with Gasteiger partial charge in [-0.05, 0) is 91.1 Å². The van der Waals surface area contributed by atoms with Gasteiger partial charge in [-0.15, -0.1) is 0 Å². The minimum atomic E-state index is -4.04. The Morgan fingerprint density at radius 2 is 1.71 bits per heavy atom. The molecule has 2 fully saturated rings. The van der Waals surface area contributed by atoms with E-state index in [0.717, 1.165) is 37.9 Å². The first kappa shape index (κ1) is 25.5. The van der Waals surface area contributed by atoms with Gasteiger partial charge in [-0.2, -0.15) is 12.7 Å². The molecular weight excluding hydrogens is 580 g/mol. The fourth-order valence-electron chi connectivity index (χ4n) is 4.56. The summed E-state index contributed by atoms with van der Waals surface area (Å²) in [4.78, 5) is 0. The van der Waals surface area contributed by atoms with E-state index in [4.69, 9.17) is 0 Å². The standard InChI is InChI=1S/C23H28F3IN4O2S/c24-18-8-10-21(23(22(18)26)29-20-9-7-16(27)12-19(20)25)30-34(32,33)31-11-3-4-15(14-31)13-28-17-5-1-2-6-17/h7-10,12,15,17,28-30H,1-6,11,13-14H2. The van der Waals surface area contributed by atoms with Crippen LogP contribution in [0.5, 0.6) is 0 Å². The van der Waals surface area contributed by atoms with E-state index < -0.39 is 33.3 Å². The topological polar surface area (TPSA) is 73.5 Å². The molecular formula is C23H28F3IN4O2S. The highest BCUT2D eigenvalue weighted by molar-refractivity contribution is 14.1. The van der Waals surface area contributed by atoms with Crippen LogP contribution in [0.15, 0.2) is 30.3 Å². The summed E-state index contributed by atoms with van der Waals surface area (Å²) in [6.07, 6.45) is 6.41. The van der Waals surface area contributed by atoms with Crippen LogP contribution in [0.3, 0.4) is 0 Å². The Labute approximate surface area is 212 Å². The lowest BCUT2D eigenvalue weighted by Crippen LogP contribution is -2.46. The molecule has 0 amide bonds. The lowest BCUT2D eigenvalue weighted by molar-refractivity contribution is 0.255. The molecule has 11 heteroatoms. The van der Waals surface area contributed by atoms with E-state index in [-0.39, 0.29) is 17.3 Å². The Morgan fingerprint density at radius 1 is 0.971 bits per heavy atom. The van der Waals surface area contributed by atoms with Crippen molar-refractivity contribution in [3.63, 3.8) is 0 Å². The number of hydrogen-bond donors (Lipinski definition) is 3. The normalized spacial score (nSPS) is 19.9. The average Bonchev–Trinajstić information content (AvgIpc) is 3.33. The number of nitrogens with one attached hydrogen (secondary N) is 3. The predicted molar refractivity (Wildman–Crippen MR) is 136 cm³/mol. The summed E-state index contributed by atoms with van der Waals surface area (Å²) in [7, 11) is -4.04. The third-order valence-electron chi connectivity index (χ3n) is 6.40. The smallest absolute Gasteiger partial charge is 0.301 e. The van der Waals surface area contributed by atoms with Gasteiger partial charge in [-0.3, -0.25) is 4.72 Å². The van der Waals surface area contributed by atoms with E-state index in [0.29, 0.717) is 29.1 Å². The van der Waals surface area contributed by atoms with Gasteiger partial charge in [-0.25, -0.2) is 13.2 Å². The summed E-state index contributed by atoms with van der Waals surface area (Å²) >= 11 is 1.93. The number of benzene rings is 2. The van der Waals surface area contributed by atoms with Crippen molar-refractivity contribution in [3.05, 3.63) is 51.4 Å². The van der Waals surface area contributed by atoms with E-state index in [2.05, 4.69) is 15.4 Å². The first-order valence-electron chi connectivity index (χ1n) is 11.4. The van der Waals surface area contributed by atoms with Crippen molar-refractivity contribution >= 4 is 49.9 Å². The van der Waals surface area contributed by atoms with Gasteiger partial charge in [0.1, 0.15) is 11.5 Å². The second kappa shape index (κ2) is 11.0. The van der Waals surface area contributed by atoms with Crippen molar-refractivity contribution in [3.8, 4) is 0 Å². The molecule has 4 rings (SSSR count). The predicted octanol–water partition coefficient (Wildman–Crippen LogP) is 5.35. The monoisotopic (exact) mass is 608 g/mol. The SMILES string of the molecule is O=S(=O)(Nc1ccc(F)c(F)c1Nc1ccc(I)cc1F)N1CCCC(CNC2CCCC2)C1. The second-order valence-electron chi connectivity index (χ2n) is 8.90. The van der Waals surface area contributed by atoms with Crippen molar-refractivity contribution < 1.29 is 21.6 Å². The zero-order chi connectivity index (χ0) is 24.3. The maximum atomic E-state index is 14.7. The van der Waals surface area contributed by atoms with Gasteiger partial charge in [0.05, 0.1) is 11.4 Å². The van der Waals surface area contributed by atoms with E-state index in [1.54, 1.807) is 6.07 Å². The van der Waals surface area contributed by atoms with Crippen LogP contribution < -0.4 is 15.4 Å². The largest absolute Gasteiger partial charge is 0.349 e. The molecule has 2 aromatic carbocycles. The van der Waals surface area contributed by atoms with Crippen molar-refractivity contribution in [2.24, 2.45) is 5.92 Å². The van der Waals surface area contributed by atoms with Crippen LogP contribution in [0.25, 0.3) is 0 Å². The van der Waals surface area contributed by atoms with Gasteiger partial charge >= 0.3 is 10.2 Å². The molecule has 6 nitrogen and oxygen atoms in total. The third kappa shape index (κ3) is 6.16. The van der Waals surface area contributed by atoms with Gasteiger partial charge in [0, 0.05) is 22.7 Å². The summed E-state index contributed by atoms with van der Waals surface area (Å²) in [6, 6.07) is 6.69. The van der Waals surface area contributed by atoms with Crippen molar-refractivity contribution in [1.82, 2.24) is 9.62 Å². The van der Waals surface area contributed by atoms with Crippen LogP contribution in [0.1, 0.15) is 38.5 Å². The number of nitrogens with zero attached hydrogens (tertiary/aromatic N) is 1. The lowest BCUT2D eigenvalue weighted by Gasteiger charge is -2.33. The summed E-state index contributed by atoms with van der Waals surface area (Å²) in [5.41, 5.74) is -0.760. The van der Waals surface area contributed by atoms with E-state index in [9.17, 15) is 21.6 Å². The van der Waals surface area contributed by atoms with Crippen molar-refractivity contribution in [1.29, 1.82) is 0 Å². The van der Waals surface area contributed by atoms with Crippen molar-refractivity contribution in [2.75, 3.05) is 29.7 Å². The average molecular weight is 608 g/mol. The highest BCUT2D eigenvalue weighted by Gasteiger charge is 2.30. The van der Waals surface area contributed by atoms with Crippen molar-refractivity contribution in [2.45, 2.75) is 44.6 Å². The van der Waals surface area contributed by atoms with Crippen LogP contribution in [0.4, 0.5) is 30.2 Å². The molecule has 1 unspecified atom stereocenters. The van der Waals surface area contributed by atoms with E-state index >= 15 is 0 Å². The Balaban J connectivity index is 1.50. The van der Waals surface area contributed by atoms with Gasteiger partial charge in [0.15, 0.2) is 11.6 Å². The molecule has 0 spiro atoms. The third-order valence-corrected chi connectivity index (χ3v) is 8.56. The van der Waals surface area contributed by atoms with Crippen LogP contribution >= 0.6 is 22.6 Å². The molecule has 0 aromatic heterocycles. The van der Waals surface area contributed by atoms with Crippen LogP contribution in [-0.2, 0) is 10.2 Å². The molecule has 34 heavy (non-hydrogen) atoms. The second-order valence-corrected chi connectivity index (χ2v) is 11.8. The van der Waals surface area contributed by atoms with E-state index in [1.165, 1.54) is 29.3 Å². The van der Waals surface area contributed by atoms with Crippen LogP contribution in [-0.4, -0.2) is 38.4 Å². The zero-order valence-electron chi connectivity index (χ0n) is 18.6. The van der Waals surface area contributed by atoms with Gasteiger partial charge in [0.2, 0.25) is 0 Å². The van der Waals surface area contributed by atoms with Gasteiger partial charge in [0.25, 0.3) is 0 Å². The Morgan fingerprint density at radius 3 is 2.44 bits per heavy atom. The molecule has 1 aliphatic heterocycles. The molecule has 3 N–H and O–H groups in total. The van der Waals surface area contributed by atoms with Gasteiger partial charge in [-0.1, -0.05) is 12.8 Å². The minimum absolute atomic E-state index is 0.0959. The number of rotatable bonds is 8. The summed E-state index contributed by atoms with van der Waals surface area (Å²) < 4.78 is 73.6. The Kier molecular flexibility index (Phi) is 8.26. The molecule has 1 atom stereocenters. The number of piperidine rings is 1. The first-order valence-corrected chi connectivity index (χ1v) is 14.0. The lowest BCUT2D eigenvalue weighted by atomic mass is 9.99. The number of hydrogen-bond acceptors (Lipinski definition) is 4. The van der Waals surface area contributed by atoms with E-state index in [1.807, 2.05) is 22.6 Å². The molecule has 1 heterocycles. The number of halogens is 4. The first-order chi connectivity index (χ1) is 16.2. The maximum Gasteiger partial charge on any atom is 0.301 e. The summed E-state index contributed by atoms with van der Waals surface area (Å²) in [5.74, 6) is -2.96.